The number of tetrazole rings is 1. The number of aryl methyl sites for hydroxylation is 2. The monoisotopic (exact) mass is 335 g/mol. The van der Waals surface area contributed by atoms with Crippen LogP contribution in [0.5, 0.6) is 0 Å². The number of aromatic nitrogens is 4. The zero-order valence-electron chi connectivity index (χ0n) is 14.6. The first-order valence-electron chi connectivity index (χ1n) is 8.20. The van der Waals surface area contributed by atoms with Gasteiger partial charge < -0.3 is 5.32 Å². The van der Waals surface area contributed by atoms with Gasteiger partial charge in [0.2, 0.25) is 5.91 Å². The van der Waals surface area contributed by atoms with Crippen LogP contribution in [-0.2, 0) is 11.2 Å². The molecule has 0 fully saturated rings. The number of nitrogens with one attached hydrogen (secondary N) is 2. The third kappa shape index (κ3) is 3.91. The number of H-pyrrole nitrogens is 1. The Morgan fingerprint density at radius 2 is 1.96 bits per heavy atom. The van der Waals surface area contributed by atoms with Gasteiger partial charge in [-0.25, -0.2) is 0 Å². The Morgan fingerprint density at radius 3 is 2.68 bits per heavy atom. The summed E-state index contributed by atoms with van der Waals surface area (Å²) in [5.74, 6) is -0.263. The summed E-state index contributed by atoms with van der Waals surface area (Å²) >= 11 is 0. The normalized spacial score (nSPS) is 12.0. The van der Waals surface area contributed by atoms with Gasteiger partial charge in [0, 0.05) is 5.69 Å². The van der Waals surface area contributed by atoms with Crippen LogP contribution >= 0.6 is 0 Å². The van der Waals surface area contributed by atoms with E-state index in [2.05, 4.69) is 32.0 Å². The summed E-state index contributed by atoms with van der Waals surface area (Å²) in [4.78, 5) is 12.9. The average molecular weight is 335 g/mol. The van der Waals surface area contributed by atoms with Crippen molar-refractivity contribution >= 4 is 11.6 Å². The molecule has 0 bridgehead atoms. The molecule has 1 atom stereocenters. The molecule has 0 aliphatic rings. The Labute approximate surface area is 146 Å². The van der Waals surface area contributed by atoms with Gasteiger partial charge in [-0.3, -0.25) is 4.79 Å². The maximum Gasteiger partial charge on any atom is 0.235 e. The fourth-order valence-corrected chi connectivity index (χ4v) is 2.80. The fourth-order valence-electron chi connectivity index (χ4n) is 2.80. The Bertz CT molecular complexity index is 873. The Hall–Kier alpha value is -3.02. The van der Waals surface area contributed by atoms with E-state index in [0.29, 0.717) is 12.2 Å². The highest BCUT2D eigenvalue weighted by Gasteiger charge is 2.26. The predicted octanol–water partition coefficient (Wildman–Crippen LogP) is 3.09. The highest BCUT2D eigenvalue weighted by atomic mass is 16.1. The number of amides is 1. The minimum Gasteiger partial charge on any atom is -0.325 e. The minimum absolute atomic E-state index is 0.142. The quantitative estimate of drug-likeness (QED) is 0.750. The molecule has 1 unspecified atom stereocenters. The molecule has 25 heavy (non-hydrogen) atoms. The standard InChI is InChI=1S/C19H21N5O/c1-12-6-4-8-15(10-12)11-16(18-21-23-24-22-18)19(25)20-17-9-5-7-13(2)14(17)3/h4-10,16H,11H2,1-3H3,(H,20,25)(H,21,22,23,24). The van der Waals surface area contributed by atoms with Crippen LogP contribution in [0.3, 0.4) is 0 Å². The number of aromatic amines is 1. The number of hydrogen-bond acceptors (Lipinski definition) is 4. The van der Waals surface area contributed by atoms with Crippen LogP contribution in [0.1, 0.15) is 34.0 Å². The molecule has 0 aliphatic heterocycles. The van der Waals surface area contributed by atoms with Gasteiger partial charge in [0.15, 0.2) is 5.82 Å². The molecular weight excluding hydrogens is 314 g/mol. The second kappa shape index (κ2) is 7.25. The molecule has 3 aromatic rings. The maximum absolute atomic E-state index is 12.9. The van der Waals surface area contributed by atoms with Crippen molar-refractivity contribution in [2.75, 3.05) is 5.32 Å². The number of benzene rings is 2. The lowest BCUT2D eigenvalue weighted by molar-refractivity contribution is -0.117. The van der Waals surface area contributed by atoms with E-state index in [1.807, 2.05) is 57.2 Å². The van der Waals surface area contributed by atoms with Gasteiger partial charge in [-0.05, 0) is 49.9 Å². The molecule has 6 heteroatoms. The van der Waals surface area contributed by atoms with Crippen LogP contribution in [-0.4, -0.2) is 26.5 Å². The predicted molar refractivity (Wildman–Crippen MR) is 96.3 cm³/mol. The van der Waals surface area contributed by atoms with Gasteiger partial charge in [0.25, 0.3) is 0 Å². The van der Waals surface area contributed by atoms with E-state index in [9.17, 15) is 4.79 Å². The van der Waals surface area contributed by atoms with E-state index in [0.717, 1.165) is 27.9 Å². The molecule has 1 heterocycles. The molecule has 0 aliphatic carbocycles. The van der Waals surface area contributed by atoms with Crippen molar-refractivity contribution in [2.24, 2.45) is 0 Å². The van der Waals surface area contributed by atoms with Crippen molar-refractivity contribution in [1.29, 1.82) is 0 Å². The Balaban J connectivity index is 1.86. The van der Waals surface area contributed by atoms with E-state index >= 15 is 0 Å². The van der Waals surface area contributed by atoms with E-state index in [1.165, 1.54) is 0 Å². The van der Waals surface area contributed by atoms with Crippen LogP contribution in [0.2, 0.25) is 0 Å². The number of nitrogens with zero attached hydrogens (tertiary/aromatic N) is 3. The zero-order chi connectivity index (χ0) is 17.8. The van der Waals surface area contributed by atoms with E-state index in [1.54, 1.807) is 0 Å². The molecule has 0 saturated carbocycles. The molecule has 2 N–H and O–H groups in total. The SMILES string of the molecule is Cc1cccc(CC(C(=O)Nc2cccc(C)c2C)c2nn[nH]n2)c1. The lowest BCUT2D eigenvalue weighted by Crippen LogP contribution is -2.24. The first kappa shape index (κ1) is 16.8. The molecule has 1 amide bonds. The number of anilines is 1. The van der Waals surface area contributed by atoms with Crippen LogP contribution in [0, 0.1) is 20.8 Å². The maximum atomic E-state index is 12.9. The number of hydrogen-bond donors (Lipinski definition) is 2. The van der Waals surface area contributed by atoms with E-state index in [-0.39, 0.29) is 5.91 Å². The first-order chi connectivity index (χ1) is 12.0. The summed E-state index contributed by atoms with van der Waals surface area (Å²) in [7, 11) is 0. The van der Waals surface area contributed by atoms with E-state index in [4.69, 9.17) is 0 Å². The van der Waals surface area contributed by atoms with Crippen LogP contribution in [0.15, 0.2) is 42.5 Å². The van der Waals surface area contributed by atoms with Crippen molar-refractivity contribution in [3.05, 3.63) is 70.5 Å². The molecule has 3 rings (SSSR count). The third-order valence-electron chi connectivity index (χ3n) is 4.37. The van der Waals surface area contributed by atoms with Crippen molar-refractivity contribution in [2.45, 2.75) is 33.1 Å². The molecule has 0 saturated heterocycles. The minimum atomic E-state index is -0.513. The highest BCUT2D eigenvalue weighted by Crippen LogP contribution is 2.23. The lowest BCUT2D eigenvalue weighted by atomic mass is 9.96. The Morgan fingerprint density at radius 1 is 1.16 bits per heavy atom. The Kier molecular flexibility index (Phi) is 4.88. The third-order valence-corrected chi connectivity index (χ3v) is 4.37. The average Bonchev–Trinajstić information content (AvgIpc) is 3.11. The van der Waals surface area contributed by atoms with Crippen molar-refractivity contribution in [3.63, 3.8) is 0 Å². The van der Waals surface area contributed by atoms with Gasteiger partial charge in [0.05, 0.1) is 0 Å². The second-order valence-corrected chi connectivity index (χ2v) is 6.25. The molecule has 128 valence electrons. The number of carbonyl (C=O) groups excluding carboxylic acids is 1. The summed E-state index contributed by atoms with van der Waals surface area (Å²) < 4.78 is 0. The smallest absolute Gasteiger partial charge is 0.235 e. The van der Waals surface area contributed by atoms with Gasteiger partial charge in [-0.15, -0.1) is 10.2 Å². The molecule has 0 spiro atoms. The topological polar surface area (TPSA) is 83.6 Å². The lowest BCUT2D eigenvalue weighted by Gasteiger charge is -2.16. The van der Waals surface area contributed by atoms with Crippen LogP contribution in [0.25, 0.3) is 0 Å². The molecule has 2 aromatic carbocycles. The largest absolute Gasteiger partial charge is 0.325 e. The van der Waals surface area contributed by atoms with Gasteiger partial charge in [-0.1, -0.05) is 47.2 Å². The van der Waals surface area contributed by atoms with E-state index < -0.39 is 5.92 Å². The van der Waals surface area contributed by atoms with Crippen LogP contribution < -0.4 is 5.32 Å². The first-order valence-corrected chi connectivity index (χ1v) is 8.20. The summed E-state index contributed by atoms with van der Waals surface area (Å²) in [5.41, 5.74) is 5.21. The zero-order valence-corrected chi connectivity index (χ0v) is 14.6. The van der Waals surface area contributed by atoms with Crippen molar-refractivity contribution in [1.82, 2.24) is 20.6 Å². The summed E-state index contributed by atoms with van der Waals surface area (Å²) in [6.45, 7) is 6.05. The highest BCUT2D eigenvalue weighted by molar-refractivity contribution is 5.96. The summed E-state index contributed by atoms with van der Waals surface area (Å²) in [6.07, 6.45) is 0.512. The fraction of sp³-hybridized carbons (Fsp3) is 0.263. The molecule has 6 nitrogen and oxygen atoms in total. The molecule has 0 radical (unpaired) electrons. The van der Waals surface area contributed by atoms with Crippen LogP contribution in [0.4, 0.5) is 5.69 Å². The number of carbonyl (C=O) groups is 1. The number of rotatable bonds is 5. The van der Waals surface area contributed by atoms with Gasteiger partial charge >= 0.3 is 0 Å². The summed E-state index contributed by atoms with van der Waals surface area (Å²) in [6, 6.07) is 13.9. The van der Waals surface area contributed by atoms with Gasteiger partial charge in [-0.2, -0.15) is 5.21 Å². The van der Waals surface area contributed by atoms with Crippen molar-refractivity contribution in [3.8, 4) is 0 Å². The molecular formula is C19H21N5O. The van der Waals surface area contributed by atoms with Gasteiger partial charge in [0.1, 0.15) is 5.92 Å². The van der Waals surface area contributed by atoms with Crippen molar-refractivity contribution < 1.29 is 4.79 Å². The molecule has 1 aromatic heterocycles. The summed E-state index contributed by atoms with van der Waals surface area (Å²) in [5, 5.41) is 17.1. The second-order valence-electron chi connectivity index (χ2n) is 6.25.